The van der Waals surface area contributed by atoms with Gasteiger partial charge >= 0.3 is 0 Å². The number of aromatic nitrogens is 4. The summed E-state index contributed by atoms with van der Waals surface area (Å²) >= 11 is 0. The Kier molecular flexibility index (Phi) is 3.79. The third-order valence-corrected chi connectivity index (χ3v) is 4.99. The quantitative estimate of drug-likeness (QED) is 0.458. The molecule has 0 fully saturated rings. The van der Waals surface area contributed by atoms with Gasteiger partial charge in [-0.3, -0.25) is 9.78 Å². The maximum absolute atomic E-state index is 13.1. The molecule has 2 aromatic carbocycles. The van der Waals surface area contributed by atoms with Crippen molar-refractivity contribution in [2.24, 2.45) is 0 Å². The highest BCUT2D eigenvalue weighted by atomic mass is 16.1. The van der Waals surface area contributed by atoms with E-state index in [1.54, 1.807) is 12.4 Å². The first-order valence-electron chi connectivity index (χ1n) is 9.19. The Hall–Kier alpha value is -3.73. The van der Waals surface area contributed by atoms with E-state index in [-0.39, 0.29) is 5.78 Å². The van der Waals surface area contributed by atoms with Crippen LogP contribution in [0.1, 0.15) is 33.0 Å². The molecule has 5 rings (SSSR count). The van der Waals surface area contributed by atoms with Gasteiger partial charge in [-0.1, -0.05) is 36.4 Å². The van der Waals surface area contributed by atoms with Gasteiger partial charge in [-0.2, -0.15) is 0 Å². The lowest BCUT2D eigenvalue weighted by Crippen LogP contribution is -2.02. The van der Waals surface area contributed by atoms with Crippen molar-refractivity contribution in [2.75, 3.05) is 0 Å². The SMILES string of the molecule is Cc1nc2c(Cc3cccc(C(=O)c4c[nH]c5ccccc45)c3)nccc2[nH]1. The lowest BCUT2D eigenvalue weighted by Gasteiger charge is -2.05. The Morgan fingerprint density at radius 2 is 1.93 bits per heavy atom. The third kappa shape index (κ3) is 2.77. The van der Waals surface area contributed by atoms with Crippen LogP contribution >= 0.6 is 0 Å². The molecule has 0 aliphatic carbocycles. The lowest BCUT2D eigenvalue weighted by molar-refractivity contribution is 0.104. The van der Waals surface area contributed by atoms with Crippen LogP contribution in [0.25, 0.3) is 21.9 Å². The van der Waals surface area contributed by atoms with E-state index in [1.165, 1.54) is 0 Å². The molecule has 3 aromatic heterocycles. The summed E-state index contributed by atoms with van der Waals surface area (Å²) in [6.45, 7) is 1.93. The number of pyridine rings is 1. The summed E-state index contributed by atoms with van der Waals surface area (Å²) in [7, 11) is 0. The van der Waals surface area contributed by atoms with Crippen molar-refractivity contribution >= 4 is 27.7 Å². The predicted octanol–water partition coefficient (Wildman–Crippen LogP) is 4.57. The first-order chi connectivity index (χ1) is 13.7. The molecule has 0 aliphatic heterocycles. The fraction of sp³-hybridized carbons (Fsp3) is 0.0870. The monoisotopic (exact) mass is 366 g/mol. The zero-order valence-corrected chi connectivity index (χ0v) is 15.4. The van der Waals surface area contributed by atoms with Crippen molar-refractivity contribution in [2.45, 2.75) is 13.3 Å². The summed E-state index contributed by atoms with van der Waals surface area (Å²) in [4.78, 5) is 28.6. The second-order valence-corrected chi connectivity index (χ2v) is 6.93. The Bertz CT molecular complexity index is 1330. The summed E-state index contributed by atoms with van der Waals surface area (Å²) in [5.41, 5.74) is 6.13. The molecule has 0 spiro atoms. The van der Waals surface area contributed by atoms with Crippen LogP contribution in [-0.2, 0) is 6.42 Å². The number of benzene rings is 2. The smallest absolute Gasteiger partial charge is 0.195 e. The van der Waals surface area contributed by atoms with Gasteiger partial charge in [0.25, 0.3) is 0 Å². The molecule has 0 radical (unpaired) electrons. The number of aromatic amines is 2. The largest absolute Gasteiger partial charge is 0.360 e. The van der Waals surface area contributed by atoms with Crippen molar-refractivity contribution in [3.63, 3.8) is 0 Å². The fourth-order valence-corrected chi connectivity index (χ4v) is 3.67. The number of para-hydroxylation sites is 1. The minimum atomic E-state index is 0.0149. The highest BCUT2D eigenvalue weighted by molar-refractivity contribution is 6.16. The first-order valence-corrected chi connectivity index (χ1v) is 9.19. The van der Waals surface area contributed by atoms with E-state index in [2.05, 4.69) is 19.9 Å². The maximum atomic E-state index is 13.1. The Labute approximate surface area is 161 Å². The topological polar surface area (TPSA) is 74.4 Å². The van der Waals surface area contributed by atoms with Crippen LogP contribution < -0.4 is 0 Å². The van der Waals surface area contributed by atoms with Crippen LogP contribution in [0, 0.1) is 6.92 Å². The number of H-pyrrole nitrogens is 2. The summed E-state index contributed by atoms with van der Waals surface area (Å²) in [6.07, 6.45) is 4.20. The molecular formula is C23H18N4O. The molecule has 5 heteroatoms. The highest BCUT2D eigenvalue weighted by Gasteiger charge is 2.15. The fourth-order valence-electron chi connectivity index (χ4n) is 3.67. The molecule has 28 heavy (non-hydrogen) atoms. The van der Waals surface area contributed by atoms with Crippen LogP contribution in [0.2, 0.25) is 0 Å². The molecule has 0 atom stereocenters. The normalized spacial score (nSPS) is 11.3. The van der Waals surface area contributed by atoms with E-state index < -0.39 is 0 Å². The first kappa shape index (κ1) is 16.4. The van der Waals surface area contributed by atoms with Gasteiger partial charge in [0, 0.05) is 40.8 Å². The van der Waals surface area contributed by atoms with Gasteiger partial charge in [0.05, 0.1) is 11.2 Å². The molecule has 136 valence electrons. The standard InChI is InChI=1S/C23H18N4O/c1-14-26-20-9-10-24-21(22(20)27-14)12-15-5-4-6-16(11-15)23(28)18-13-25-19-8-3-2-7-17(18)19/h2-11,13,25H,12H2,1H3,(H,26,27). The van der Waals surface area contributed by atoms with Gasteiger partial charge in [-0.15, -0.1) is 0 Å². The lowest BCUT2D eigenvalue weighted by atomic mass is 9.99. The molecule has 0 amide bonds. The van der Waals surface area contributed by atoms with Crippen molar-refractivity contribution in [3.05, 3.63) is 95.2 Å². The number of aryl methyl sites for hydroxylation is 1. The van der Waals surface area contributed by atoms with E-state index in [0.29, 0.717) is 17.5 Å². The number of carbonyl (C=O) groups excluding carboxylic acids is 1. The van der Waals surface area contributed by atoms with Gasteiger partial charge in [-0.25, -0.2) is 4.98 Å². The van der Waals surface area contributed by atoms with Gasteiger partial charge in [0.15, 0.2) is 5.78 Å². The number of fused-ring (bicyclic) bond motifs is 2. The molecule has 0 aliphatic rings. The number of nitrogens with one attached hydrogen (secondary N) is 2. The molecule has 0 saturated carbocycles. The maximum Gasteiger partial charge on any atom is 0.195 e. The minimum absolute atomic E-state index is 0.0149. The van der Waals surface area contributed by atoms with Crippen LogP contribution in [0.15, 0.2) is 67.0 Å². The van der Waals surface area contributed by atoms with Gasteiger partial charge in [0.1, 0.15) is 11.3 Å². The Balaban J connectivity index is 1.50. The molecule has 0 saturated heterocycles. The number of hydrogen-bond acceptors (Lipinski definition) is 3. The molecule has 0 unspecified atom stereocenters. The van der Waals surface area contributed by atoms with Crippen LogP contribution in [0.3, 0.4) is 0 Å². The van der Waals surface area contributed by atoms with E-state index in [0.717, 1.165) is 39.0 Å². The van der Waals surface area contributed by atoms with E-state index in [1.807, 2.05) is 61.5 Å². The van der Waals surface area contributed by atoms with Crippen molar-refractivity contribution in [3.8, 4) is 0 Å². The van der Waals surface area contributed by atoms with Gasteiger partial charge < -0.3 is 9.97 Å². The van der Waals surface area contributed by atoms with Crippen LogP contribution in [-0.4, -0.2) is 25.7 Å². The summed E-state index contributed by atoms with van der Waals surface area (Å²) < 4.78 is 0. The Morgan fingerprint density at radius 1 is 1.04 bits per heavy atom. The number of ketones is 1. The number of nitrogens with zero attached hydrogens (tertiary/aromatic N) is 2. The highest BCUT2D eigenvalue weighted by Crippen LogP contribution is 2.23. The Morgan fingerprint density at radius 3 is 2.86 bits per heavy atom. The molecule has 5 nitrogen and oxygen atoms in total. The number of rotatable bonds is 4. The minimum Gasteiger partial charge on any atom is -0.360 e. The molecular weight excluding hydrogens is 348 g/mol. The van der Waals surface area contributed by atoms with Crippen LogP contribution in [0.4, 0.5) is 0 Å². The zero-order valence-electron chi connectivity index (χ0n) is 15.4. The second-order valence-electron chi connectivity index (χ2n) is 6.93. The average Bonchev–Trinajstić information content (AvgIpc) is 3.31. The van der Waals surface area contributed by atoms with Crippen molar-refractivity contribution in [1.29, 1.82) is 0 Å². The summed E-state index contributed by atoms with van der Waals surface area (Å²) in [5, 5.41) is 0.941. The molecule has 0 bridgehead atoms. The van der Waals surface area contributed by atoms with Crippen molar-refractivity contribution < 1.29 is 4.79 Å². The van der Waals surface area contributed by atoms with Gasteiger partial charge in [0.2, 0.25) is 0 Å². The van der Waals surface area contributed by atoms with Crippen LogP contribution in [0.5, 0.6) is 0 Å². The van der Waals surface area contributed by atoms with E-state index in [9.17, 15) is 4.79 Å². The zero-order chi connectivity index (χ0) is 19.1. The summed E-state index contributed by atoms with van der Waals surface area (Å²) in [6, 6.07) is 17.5. The van der Waals surface area contributed by atoms with E-state index in [4.69, 9.17) is 0 Å². The summed E-state index contributed by atoms with van der Waals surface area (Å²) in [5.74, 6) is 0.883. The van der Waals surface area contributed by atoms with E-state index >= 15 is 0 Å². The molecule has 3 heterocycles. The third-order valence-electron chi connectivity index (χ3n) is 4.99. The predicted molar refractivity (Wildman–Crippen MR) is 110 cm³/mol. The number of carbonyl (C=O) groups is 1. The van der Waals surface area contributed by atoms with Gasteiger partial charge in [-0.05, 0) is 30.7 Å². The molecule has 5 aromatic rings. The second kappa shape index (κ2) is 6.46. The van der Waals surface area contributed by atoms with Crippen molar-refractivity contribution in [1.82, 2.24) is 19.9 Å². The average molecular weight is 366 g/mol. The number of hydrogen-bond donors (Lipinski definition) is 2. The number of imidazole rings is 1. The molecule has 2 N–H and O–H groups in total.